The molecule has 2 rings (SSSR count). The van der Waals surface area contributed by atoms with E-state index in [0.717, 1.165) is 16.2 Å². The molecule has 0 spiro atoms. The van der Waals surface area contributed by atoms with E-state index >= 15 is 0 Å². The molecule has 0 aliphatic heterocycles. The molecule has 0 saturated carbocycles. The number of hydrogen-bond donors (Lipinski definition) is 1. The molecule has 1 amide bonds. The Morgan fingerprint density at radius 2 is 1.91 bits per heavy atom. The third kappa shape index (κ3) is 6.34. The van der Waals surface area contributed by atoms with Crippen molar-refractivity contribution < 1.29 is 9.53 Å². The van der Waals surface area contributed by atoms with Crippen LogP contribution in [0.15, 0.2) is 58.5 Å². The molecule has 0 aromatic heterocycles. The van der Waals surface area contributed by atoms with Crippen LogP contribution in [0.4, 0.5) is 0 Å². The summed E-state index contributed by atoms with van der Waals surface area (Å²) in [6, 6.07) is 14.8. The summed E-state index contributed by atoms with van der Waals surface area (Å²) in [6.07, 6.45) is 1.60. The van der Waals surface area contributed by atoms with Crippen LogP contribution in [0.25, 0.3) is 0 Å². The number of halogens is 1. The predicted molar refractivity (Wildman–Crippen MR) is 95.5 cm³/mol. The Morgan fingerprint density at radius 1 is 1.22 bits per heavy atom. The Labute approximate surface area is 144 Å². The van der Waals surface area contributed by atoms with Crippen molar-refractivity contribution in [2.24, 2.45) is 5.10 Å². The highest BCUT2D eigenvalue weighted by Gasteiger charge is 2.01. The van der Waals surface area contributed by atoms with Gasteiger partial charge in [-0.25, -0.2) is 5.43 Å². The quantitative estimate of drug-likeness (QED) is 0.467. The van der Waals surface area contributed by atoms with Crippen LogP contribution in [0.1, 0.15) is 12.5 Å². The Morgan fingerprint density at radius 3 is 2.57 bits per heavy atom. The second-order valence-electron chi connectivity index (χ2n) is 4.54. The third-order valence-electron chi connectivity index (χ3n) is 2.78. The first kappa shape index (κ1) is 17.4. The van der Waals surface area contributed by atoms with E-state index in [2.05, 4.69) is 10.5 Å². The summed E-state index contributed by atoms with van der Waals surface area (Å²) in [5.74, 6) is 0.947. The van der Waals surface area contributed by atoms with Crippen LogP contribution in [0.5, 0.6) is 5.75 Å². The number of hydrogen-bond acceptors (Lipinski definition) is 4. The molecule has 0 atom stereocenters. The van der Waals surface area contributed by atoms with Crippen LogP contribution < -0.4 is 10.2 Å². The first-order valence-corrected chi connectivity index (χ1v) is 8.47. The van der Waals surface area contributed by atoms with Gasteiger partial charge in [0.1, 0.15) is 5.75 Å². The maximum absolute atomic E-state index is 11.7. The lowest BCUT2D eigenvalue weighted by Crippen LogP contribution is -2.19. The van der Waals surface area contributed by atoms with E-state index in [9.17, 15) is 4.79 Å². The van der Waals surface area contributed by atoms with Gasteiger partial charge in [0, 0.05) is 9.92 Å². The molecule has 0 aliphatic carbocycles. The molecule has 2 aromatic carbocycles. The fourth-order valence-corrected chi connectivity index (χ4v) is 2.52. The molecule has 0 aliphatic rings. The van der Waals surface area contributed by atoms with Crippen molar-refractivity contribution in [2.75, 3.05) is 12.4 Å². The molecule has 0 saturated heterocycles. The predicted octanol–water partition coefficient (Wildman–Crippen LogP) is 3.98. The molecular formula is C17H17ClN2O2S. The molecule has 0 unspecified atom stereocenters. The average molecular weight is 349 g/mol. The topological polar surface area (TPSA) is 50.7 Å². The van der Waals surface area contributed by atoms with Gasteiger partial charge in [0.15, 0.2) is 0 Å². The summed E-state index contributed by atoms with van der Waals surface area (Å²) in [6.45, 7) is 2.57. The molecule has 0 radical (unpaired) electrons. The second-order valence-corrected chi connectivity index (χ2v) is 6.02. The van der Waals surface area contributed by atoms with Gasteiger partial charge < -0.3 is 4.74 Å². The summed E-state index contributed by atoms with van der Waals surface area (Å²) in [7, 11) is 0. The number of ether oxygens (including phenoxy) is 1. The number of thioether (sulfide) groups is 1. The summed E-state index contributed by atoms with van der Waals surface area (Å²) in [4.78, 5) is 12.7. The lowest BCUT2D eigenvalue weighted by atomic mass is 10.2. The van der Waals surface area contributed by atoms with Gasteiger partial charge in [-0.15, -0.1) is 11.8 Å². The highest BCUT2D eigenvalue weighted by molar-refractivity contribution is 8.00. The molecular weight excluding hydrogens is 332 g/mol. The van der Waals surface area contributed by atoms with Crippen molar-refractivity contribution in [1.82, 2.24) is 5.43 Å². The van der Waals surface area contributed by atoms with Crippen LogP contribution in [-0.4, -0.2) is 24.5 Å². The monoisotopic (exact) mass is 348 g/mol. The number of rotatable bonds is 7. The van der Waals surface area contributed by atoms with Crippen LogP contribution in [0.3, 0.4) is 0 Å². The average Bonchev–Trinajstić information content (AvgIpc) is 2.56. The fraction of sp³-hybridized carbons (Fsp3) is 0.176. The Bertz CT molecular complexity index is 657. The summed E-state index contributed by atoms with van der Waals surface area (Å²) in [5, 5.41) is 4.62. The normalized spacial score (nSPS) is 10.7. The van der Waals surface area contributed by atoms with E-state index in [-0.39, 0.29) is 5.91 Å². The van der Waals surface area contributed by atoms with Gasteiger partial charge in [-0.1, -0.05) is 11.6 Å². The number of hydrazone groups is 1. The van der Waals surface area contributed by atoms with Crippen LogP contribution in [0, 0.1) is 0 Å². The van der Waals surface area contributed by atoms with Crippen molar-refractivity contribution in [1.29, 1.82) is 0 Å². The van der Waals surface area contributed by atoms with E-state index in [1.54, 1.807) is 18.3 Å². The number of amides is 1. The molecule has 2 aromatic rings. The van der Waals surface area contributed by atoms with Crippen LogP contribution in [0.2, 0.25) is 5.02 Å². The van der Waals surface area contributed by atoms with Gasteiger partial charge in [-0.2, -0.15) is 5.10 Å². The summed E-state index contributed by atoms with van der Waals surface area (Å²) in [5.41, 5.74) is 3.39. The molecule has 4 nitrogen and oxygen atoms in total. The zero-order valence-corrected chi connectivity index (χ0v) is 14.2. The molecule has 120 valence electrons. The SMILES string of the molecule is CCOc1ccc(C=NNC(=O)CSc2ccc(Cl)cc2)cc1. The van der Waals surface area contributed by atoms with Gasteiger partial charge in [-0.05, 0) is 61.0 Å². The second kappa shape index (κ2) is 9.22. The maximum atomic E-state index is 11.7. The Hall–Kier alpha value is -1.98. The van der Waals surface area contributed by atoms with Gasteiger partial charge in [-0.3, -0.25) is 4.79 Å². The minimum absolute atomic E-state index is 0.160. The van der Waals surface area contributed by atoms with Crippen molar-refractivity contribution in [3.05, 3.63) is 59.1 Å². The van der Waals surface area contributed by atoms with Gasteiger partial charge in [0.25, 0.3) is 0 Å². The third-order valence-corrected chi connectivity index (χ3v) is 4.04. The van der Waals surface area contributed by atoms with E-state index in [4.69, 9.17) is 16.3 Å². The van der Waals surface area contributed by atoms with Gasteiger partial charge >= 0.3 is 0 Å². The van der Waals surface area contributed by atoms with Crippen LogP contribution in [-0.2, 0) is 4.79 Å². The van der Waals surface area contributed by atoms with Crippen molar-refractivity contribution in [3.8, 4) is 5.75 Å². The smallest absolute Gasteiger partial charge is 0.250 e. The molecule has 1 N–H and O–H groups in total. The number of benzene rings is 2. The first-order valence-electron chi connectivity index (χ1n) is 7.10. The standard InChI is InChI=1S/C17H17ClN2O2S/c1-2-22-15-7-3-13(4-8-15)11-19-20-17(21)12-23-16-9-5-14(18)6-10-16/h3-11H,2,12H2,1H3,(H,20,21). The first-order chi connectivity index (χ1) is 11.2. The Kier molecular flexibility index (Phi) is 6.97. The highest BCUT2D eigenvalue weighted by atomic mass is 35.5. The number of nitrogens with zero attached hydrogens (tertiary/aromatic N) is 1. The lowest BCUT2D eigenvalue weighted by Gasteiger charge is -2.02. The largest absolute Gasteiger partial charge is 0.494 e. The highest BCUT2D eigenvalue weighted by Crippen LogP contribution is 2.19. The minimum atomic E-state index is -0.160. The number of carbonyl (C=O) groups is 1. The number of carbonyl (C=O) groups excluding carboxylic acids is 1. The Balaban J connectivity index is 1.75. The molecule has 23 heavy (non-hydrogen) atoms. The van der Waals surface area contributed by atoms with Crippen molar-refractivity contribution >= 4 is 35.5 Å². The van der Waals surface area contributed by atoms with E-state index in [0.29, 0.717) is 17.4 Å². The van der Waals surface area contributed by atoms with Gasteiger partial charge in [0.2, 0.25) is 5.91 Å². The summed E-state index contributed by atoms with van der Waals surface area (Å²) < 4.78 is 5.36. The zero-order chi connectivity index (χ0) is 16.5. The molecule has 0 heterocycles. The molecule has 0 fully saturated rings. The molecule has 6 heteroatoms. The minimum Gasteiger partial charge on any atom is -0.494 e. The lowest BCUT2D eigenvalue weighted by molar-refractivity contribution is -0.118. The van der Waals surface area contributed by atoms with E-state index in [1.807, 2.05) is 43.3 Å². The van der Waals surface area contributed by atoms with Crippen molar-refractivity contribution in [3.63, 3.8) is 0 Å². The van der Waals surface area contributed by atoms with Crippen LogP contribution >= 0.6 is 23.4 Å². The fourth-order valence-electron chi connectivity index (χ4n) is 1.71. The molecule has 0 bridgehead atoms. The summed E-state index contributed by atoms with van der Waals surface area (Å²) >= 11 is 7.24. The number of nitrogens with one attached hydrogen (secondary N) is 1. The van der Waals surface area contributed by atoms with E-state index < -0.39 is 0 Å². The van der Waals surface area contributed by atoms with E-state index in [1.165, 1.54) is 11.8 Å². The maximum Gasteiger partial charge on any atom is 0.250 e. The zero-order valence-electron chi connectivity index (χ0n) is 12.7. The van der Waals surface area contributed by atoms with Crippen molar-refractivity contribution in [2.45, 2.75) is 11.8 Å². The van der Waals surface area contributed by atoms with Gasteiger partial charge in [0.05, 0.1) is 18.6 Å².